The lowest BCUT2D eigenvalue weighted by atomic mass is 10.1. The summed E-state index contributed by atoms with van der Waals surface area (Å²) in [7, 11) is 0. The van der Waals surface area contributed by atoms with E-state index in [1.54, 1.807) is 12.1 Å². The highest BCUT2D eigenvalue weighted by Crippen LogP contribution is 2.25. The Balaban J connectivity index is 2.77. The van der Waals surface area contributed by atoms with E-state index in [2.05, 4.69) is 0 Å². The zero-order chi connectivity index (χ0) is 13.5. The number of ether oxygens (including phenoxy) is 1. The molecular formula is C14H19ClO3. The molecule has 0 radical (unpaired) electrons. The van der Waals surface area contributed by atoms with Crippen molar-refractivity contribution in [2.24, 2.45) is 5.92 Å². The van der Waals surface area contributed by atoms with Gasteiger partial charge in [0.1, 0.15) is 11.5 Å². The summed E-state index contributed by atoms with van der Waals surface area (Å²) in [4.78, 5) is 11.8. The fourth-order valence-corrected chi connectivity index (χ4v) is 1.59. The lowest BCUT2D eigenvalue weighted by Gasteiger charge is -2.10. The standard InChI is InChI=1S/C14H19ClO3/c1-10(2)9-18-11-5-6-14(17)12(8-11)13(16)4-3-7-15/h5-6,8,10,17H,3-4,7,9H2,1-2H3. The van der Waals surface area contributed by atoms with Gasteiger partial charge in [-0.2, -0.15) is 0 Å². The topological polar surface area (TPSA) is 46.5 Å². The van der Waals surface area contributed by atoms with Gasteiger partial charge >= 0.3 is 0 Å². The number of rotatable bonds is 7. The maximum Gasteiger partial charge on any atom is 0.166 e. The molecule has 0 atom stereocenters. The Labute approximate surface area is 113 Å². The smallest absolute Gasteiger partial charge is 0.166 e. The average molecular weight is 271 g/mol. The monoisotopic (exact) mass is 270 g/mol. The van der Waals surface area contributed by atoms with Crippen molar-refractivity contribution in [3.63, 3.8) is 0 Å². The fraction of sp³-hybridized carbons (Fsp3) is 0.500. The van der Waals surface area contributed by atoms with E-state index >= 15 is 0 Å². The molecule has 18 heavy (non-hydrogen) atoms. The van der Waals surface area contributed by atoms with Gasteiger partial charge in [0, 0.05) is 12.3 Å². The van der Waals surface area contributed by atoms with Gasteiger partial charge in [0.2, 0.25) is 0 Å². The van der Waals surface area contributed by atoms with E-state index in [0.717, 1.165) is 0 Å². The van der Waals surface area contributed by atoms with E-state index < -0.39 is 0 Å². The number of hydrogen-bond donors (Lipinski definition) is 1. The van der Waals surface area contributed by atoms with Crippen LogP contribution in [0.2, 0.25) is 0 Å². The van der Waals surface area contributed by atoms with Crippen LogP contribution in [0.3, 0.4) is 0 Å². The third kappa shape index (κ3) is 4.57. The molecule has 0 heterocycles. The fourth-order valence-electron chi connectivity index (χ4n) is 1.45. The van der Waals surface area contributed by atoms with Crippen molar-refractivity contribution in [1.82, 2.24) is 0 Å². The van der Waals surface area contributed by atoms with Crippen LogP contribution in [-0.4, -0.2) is 23.4 Å². The van der Waals surface area contributed by atoms with Crippen LogP contribution in [0, 0.1) is 5.92 Å². The Kier molecular flexibility index (Phi) is 5.99. The molecule has 0 saturated heterocycles. The van der Waals surface area contributed by atoms with E-state index in [9.17, 15) is 9.90 Å². The molecule has 0 unspecified atom stereocenters. The quantitative estimate of drug-likeness (QED) is 0.608. The van der Waals surface area contributed by atoms with E-state index in [-0.39, 0.29) is 11.5 Å². The summed E-state index contributed by atoms with van der Waals surface area (Å²) in [5.41, 5.74) is 0.307. The molecule has 0 aliphatic carbocycles. The third-order valence-corrected chi connectivity index (χ3v) is 2.66. The molecule has 1 N–H and O–H groups in total. The van der Waals surface area contributed by atoms with Gasteiger partial charge in [0.25, 0.3) is 0 Å². The predicted molar refractivity (Wildman–Crippen MR) is 72.7 cm³/mol. The number of hydrogen-bond acceptors (Lipinski definition) is 3. The van der Waals surface area contributed by atoms with Gasteiger partial charge in [-0.1, -0.05) is 13.8 Å². The number of carbonyl (C=O) groups excluding carboxylic acids is 1. The highest BCUT2D eigenvalue weighted by atomic mass is 35.5. The number of ketones is 1. The highest BCUT2D eigenvalue weighted by molar-refractivity contribution is 6.18. The molecular weight excluding hydrogens is 252 g/mol. The number of carbonyl (C=O) groups is 1. The first-order valence-corrected chi connectivity index (χ1v) is 6.63. The minimum absolute atomic E-state index is 0.00790. The zero-order valence-corrected chi connectivity index (χ0v) is 11.5. The molecule has 0 aliphatic heterocycles. The molecule has 0 saturated carbocycles. The Morgan fingerprint density at radius 1 is 1.44 bits per heavy atom. The third-order valence-electron chi connectivity index (χ3n) is 2.39. The van der Waals surface area contributed by atoms with E-state index in [0.29, 0.717) is 42.6 Å². The molecule has 0 aromatic heterocycles. The second-order valence-electron chi connectivity index (χ2n) is 4.60. The van der Waals surface area contributed by atoms with Gasteiger partial charge in [-0.15, -0.1) is 11.6 Å². The number of Topliss-reactive ketones (excluding diaryl/α,β-unsaturated/α-hetero) is 1. The number of phenolic OH excluding ortho intramolecular Hbond substituents is 1. The number of benzene rings is 1. The molecule has 0 aliphatic rings. The maximum atomic E-state index is 11.8. The lowest BCUT2D eigenvalue weighted by Crippen LogP contribution is -2.06. The van der Waals surface area contributed by atoms with E-state index in [1.165, 1.54) is 6.07 Å². The van der Waals surface area contributed by atoms with Gasteiger partial charge in [-0.05, 0) is 30.5 Å². The lowest BCUT2D eigenvalue weighted by molar-refractivity contribution is 0.0979. The molecule has 0 fully saturated rings. The van der Waals surface area contributed by atoms with Crippen molar-refractivity contribution in [1.29, 1.82) is 0 Å². The largest absolute Gasteiger partial charge is 0.507 e. The van der Waals surface area contributed by atoms with Gasteiger partial charge < -0.3 is 9.84 Å². The summed E-state index contributed by atoms with van der Waals surface area (Å²) in [5, 5.41) is 9.67. The van der Waals surface area contributed by atoms with E-state index in [4.69, 9.17) is 16.3 Å². The Bertz CT molecular complexity index is 402. The SMILES string of the molecule is CC(C)COc1ccc(O)c(C(=O)CCCCl)c1. The van der Waals surface area contributed by atoms with Crippen LogP contribution in [0.5, 0.6) is 11.5 Å². The van der Waals surface area contributed by atoms with Gasteiger partial charge in [0.05, 0.1) is 12.2 Å². The Hall–Kier alpha value is -1.22. The highest BCUT2D eigenvalue weighted by Gasteiger charge is 2.12. The molecule has 3 nitrogen and oxygen atoms in total. The number of alkyl halides is 1. The molecule has 4 heteroatoms. The zero-order valence-electron chi connectivity index (χ0n) is 10.8. The number of aromatic hydroxyl groups is 1. The summed E-state index contributed by atoms with van der Waals surface area (Å²) in [6.45, 7) is 4.68. The first-order valence-electron chi connectivity index (χ1n) is 6.09. The van der Waals surface area contributed by atoms with Crippen LogP contribution in [0.25, 0.3) is 0 Å². The normalized spacial score (nSPS) is 10.7. The minimum Gasteiger partial charge on any atom is -0.507 e. The molecule has 0 bridgehead atoms. The second-order valence-corrected chi connectivity index (χ2v) is 4.98. The van der Waals surface area contributed by atoms with Crippen molar-refractivity contribution >= 4 is 17.4 Å². The van der Waals surface area contributed by atoms with Crippen LogP contribution in [-0.2, 0) is 0 Å². The van der Waals surface area contributed by atoms with Crippen LogP contribution in [0.4, 0.5) is 0 Å². The van der Waals surface area contributed by atoms with Crippen molar-refractivity contribution in [2.75, 3.05) is 12.5 Å². The summed E-state index contributed by atoms with van der Waals surface area (Å²) in [6, 6.07) is 4.74. The van der Waals surface area contributed by atoms with Crippen molar-refractivity contribution in [3.8, 4) is 11.5 Å². The van der Waals surface area contributed by atoms with E-state index in [1.807, 2.05) is 13.8 Å². The van der Waals surface area contributed by atoms with Crippen LogP contribution < -0.4 is 4.74 Å². The Morgan fingerprint density at radius 3 is 2.78 bits per heavy atom. The number of halogens is 1. The van der Waals surface area contributed by atoms with Crippen molar-refractivity contribution < 1.29 is 14.6 Å². The minimum atomic E-state index is -0.108. The summed E-state index contributed by atoms with van der Waals surface area (Å²) >= 11 is 5.55. The summed E-state index contributed by atoms with van der Waals surface area (Å²) in [6.07, 6.45) is 0.946. The average Bonchev–Trinajstić information content (AvgIpc) is 2.34. The Morgan fingerprint density at radius 2 is 2.17 bits per heavy atom. The number of phenols is 1. The summed E-state index contributed by atoms with van der Waals surface area (Å²) < 4.78 is 5.53. The molecule has 1 aromatic rings. The molecule has 1 aromatic carbocycles. The molecule has 100 valence electrons. The van der Waals surface area contributed by atoms with Gasteiger partial charge in [-0.25, -0.2) is 0 Å². The van der Waals surface area contributed by atoms with Crippen LogP contribution in [0.1, 0.15) is 37.0 Å². The molecule has 1 rings (SSSR count). The van der Waals surface area contributed by atoms with Crippen LogP contribution >= 0.6 is 11.6 Å². The van der Waals surface area contributed by atoms with Crippen molar-refractivity contribution in [2.45, 2.75) is 26.7 Å². The molecule has 0 spiro atoms. The predicted octanol–water partition coefficient (Wildman–Crippen LogP) is 3.63. The van der Waals surface area contributed by atoms with Gasteiger partial charge in [-0.3, -0.25) is 4.79 Å². The first kappa shape index (κ1) is 14.8. The first-order chi connectivity index (χ1) is 8.54. The van der Waals surface area contributed by atoms with Gasteiger partial charge in [0.15, 0.2) is 5.78 Å². The molecule has 0 amide bonds. The maximum absolute atomic E-state index is 11.8. The second kappa shape index (κ2) is 7.27. The summed E-state index contributed by atoms with van der Waals surface area (Å²) in [5.74, 6) is 1.34. The van der Waals surface area contributed by atoms with Crippen LogP contribution in [0.15, 0.2) is 18.2 Å². The van der Waals surface area contributed by atoms with Crippen molar-refractivity contribution in [3.05, 3.63) is 23.8 Å².